The normalized spacial score (nSPS) is 25.7. The fourth-order valence-corrected chi connectivity index (χ4v) is 4.74. The second-order valence-electron chi connectivity index (χ2n) is 8.65. The standard InChI is InChI=1S/C21H27F2N5O2/c1-29-5-4-27-9-14-15(10-27)19(14)28-11-16(26-18(28)6-12-2-3-12)13-7-17(30-21(22)23)20(24)25-8-13/h7-8,11-12,14-15,19,21H,2-6,9-10H2,1H3,(H2,24,25)/t14-,15+,19?. The quantitative estimate of drug-likeness (QED) is 0.674. The second kappa shape index (κ2) is 7.77. The first-order valence-electron chi connectivity index (χ1n) is 10.5. The Kier molecular flexibility index (Phi) is 5.10. The number of halogens is 2. The molecular formula is C21H27F2N5O2. The fraction of sp³-hybridized carbons (Fsp3) is 0.619. The van der Waals surface area contributed by atoms with Crippen LogP contribution in [-0.4, -0.2) is 59.4 Å². The van der Waals surface area contributed by atoms with Gasteiger partial charge in [0.2, 0.25) is 0 Å². The molecule has 5 rings (SSSR count). The van der Waals surface area contributed by atoms with E-state index in [1.807, 2.05) is 0 Å². The molecule has 3 fully saturated rings. The van der Waals surface area contributed by atoms with Crippen LogP contribution in [0.15, 0.2) is 18.5 Å². The molecule has 3 aliphatic rings. The molecule has 2 aliphatic carbocycles. The van der Waals surface area contributed by atoms with E-state index in [1.54, 1.807) is 13.3 Å². The Morgan fingerprint density at radius 1 is 1.27 bits per heavy atom. The van der Waals surface area contributed by atoms with E-state index in [1.165, 1.54) is 18.9 Å². The van der Waals surface area contributed by atoms with Crippen molar-refractivity contribution >= 4 is 5.82 Å². The lowest BCUT2D eigenvalue weighted by Crippen LogP contribution is -2.28. The molecule has 2 aromatic rings. The fourth-order valence-electron chi connectivity index (χ4n) is 4.74. The van der Waals surface area contributed by atoms with Crippen LogP contribution in [0.25, 0.3) is 11.3 Å². The second-order valence-corrected chi connectivity index (χ2v) is 8.65. The third kappa shape index (κ3) is 3.88. The van der Waals surface area contributed by atoms with Crippen LogP contribution in [0.2, 0.25) is 0 Å². The molecule has 2 N–H and O–H groups in total. The number of methoxy groups -OCH3 is 1. The van der Waals surface area contributed by atoms with Crippen LogP contribution < -0.4 is 10.5 Å². The molecule has 0 spiro atoms. The molecule has 3 heterocycles. The highest BCUT2D eigenvalue weighted by Crippen LogP contribution is 2.56. The summed E-state index contributed by atoms with van der Waals surface area (Å²) in [4.78, 5) is 11.4. The number of pyridine rings is 1. The topological polar surface area (TPSA) is 78.4 Å². The van der Waals surface area contributed by atoms with Crippen molar-refractivity contribution in [2.24, 2.45) is 17.8 Å². The average molecular weight is 419 g/mol. The Labute approximate surface area is 174 Å². The van der Waals surface area contributed by atoms with Gasteiger partial charge in [0, 0.05) is 57.2 Å². The van der Waals surface area contributed by atoms with Crippen molar-refractivity contribution < 1.29 is 18.3 Å². The number of alkyl halides is 2. The number of hydrogen-bond acceptors (Lipinski definition) is 6. The predicted molar refractivity (Wildman–Crippen MR) is 107 cm³/mol. The number of hydrogen-bond donors (Lipinski definition) is 1. The maximum atomic E-state index is 12.7. The number of imidazole rings is 1. The first kappa shape index (κ1) is 19.7. The molecule has 3 atom stereocenters. The van der Waals surface area contributed by atoms with Crippen LogP contribution in [0.1, 0.15) is 24.7 Å². The van der Waals surface area contributed by atoms with Gasteiger partial charge in [0.15, 0.2) is 11.6 Å². The number of rotatable bonds is 9. The average Bonchev–Trinajstić information content (AvgIpc) is 3.56. The van der Waals surface area contributed by atoms with Crippen LogP contribution >= 0.6 is 0 Å². The van der Waals surface area contributed by atoms with Gasteiger partial charge in [-0.25, -0.2) is 9.97 Å². The third-order valence-corrected chi connectivity index (χ3v) is 6.53. The van der Waals surface area contributed by atoms with Gasteiger partial charge in [0.1, 0.15) is 5.82 Å². The largest absolute Gasteiger partial charge is 0.431 e. The summed E-state index contributed by atoms with van der Waals surface area (Å²) in [6.07, 6.45) is 7.09. The molecule has 2 saturated carbocycles. The van der Waals surface area contributed by atoms with Crippen molar-refractivity contribution in [1.29, 1.82) is 0 Å². The molecule has 7 nitrogen and oxygen atoms in total. The van der Waals surface area contributed by atoms with Gasteiger partial charge in [0.05, 0.1) is 12.3 Å². The summed E-state index contributed by atoms with van der Waals surface area (Å²) in [6.45, 7) is 0.971. The summed E-state index contributed by atoms with van der Waals surface area (Å²) in [5.74, 6) is 2.91. The van der Waals surface area contributed by atoms with E-state index in [-0.39, 0.29) is 11.6 Å². The van der Waals surface area contributed by atoms with E-state index in [4.69, 9.17) is 15.5 Å². The van der Waals surface area contributed by atoms with Crippen LogP contribution in [-0.2, 0) is 11.2 Å². The van der Waals surface area contributed by atoms with Gasteiger partial charge in [0.25, 0.3) is 0 Å². The summed E-state index contributed by atoms with van der Waals surface area (Å²) < 4.78 is 37.4. The Morgan fingerprint density at radius 3 is 2.70 bits per heavy atom. The highest BCUT2D eigenvalue weighted by Gasteiger charge is 2.57. The summed E-state index contributed by atoms with van der Waals surface area (Å²) in [6, 6.07) is 1.97. The van der Waals surface area contributed by atoms with E-state index in [0.29, 0.717) is 29.4 Å². The van der Waals surface area contributed by atoms with Crippen molar-refractivity contribution in [2.45, 2.75) is 31.9 Å². The zero-order valence-electron chi connectivity index (χ0n) is 17.0. The number of fused-ring (bicyclic) bond motifs is 1. The van der Waals surface area contributed by atoms with Gasteiger partial charge in [-0.3, -0.25) is 0 Å². The third-order valence-electron chi connectivity index (χ3n) is 6.53. The predicted octanol–water partition coefficient (Wildman–Crippen LogP) is 2.83. The molecule has 9 heteroatoms. The summed E-state index contributed by atoms with van der Waals surface area (Å²) in [7, 11) is 1.74. The summed E-state index contributed by atoms with van der Waals surface area (Å²) in [5, 5.41) is 0. The van der Waals surface area contributed by atoms with Gasteiger partial charge in [-0.15, -0.1) is 0 Å². The molecule has 0 bridgehead atoms. The van der Waals surface area contributed by atoms with E-state index < -0.39 is 6.61 Å². The molecule has 162 valence electrons. The number of nitrogen functional groups attached to an aromatic ring is 1. The summed E-state index contributed by atoms with van der Waals surface area (Å²) in [5.41, 5.74) is 7.06. The molecule has 0 amide bonds. The maximum absolute atomic E-state index is 12.7. The van der Waals surface area contributed by atoms with Crippen LogP contribution in [0.3, 0.4) is 0 Å². The van der Waals surface area contributed by atoms with Gasteiger partial charge in [-0.1, -0.05) is 0 Å². The van der Waals surface area contributed by atoms with Crippen molar-refractivity contribution in [3.8, 4) is 17.0 Å². The van der Waals surface area contributed by atoms with E-state index in [2.05, 4.69) is 25.4 Å². The minimum absolute atomic E-state index is 0.0513. The number of aromatic nitrogens is 3. The van der Waals surface area contributed by atoms with Crippen molar-refractivity contribution in [2.75, 3.05) is 39.1 Å². The monoisotopic (exact) mass is 419 g/mol. The molecule has 0 aromatic carbocycles. The van der Waals surface area contributed by atoms with Crippen LogP contribution in [0.5, 0.6) is 5.75 Å². The van der Waals surface area contributed by atoms with E-state index in [9.17, 15) is 8.78 Å². The number of anilines is 1. The van der Waals surface area contributed by atoms with Gasteiger partial charge >= 0.3 is 6.61 Å². The van der Waals surface area contributed by atoms with Gasteiger partial charge in [-0.2, -0.15) is 8.78 Å². The molecule has 1 saturated heterocycles. The Hall–Kier alpha value is -2.26. The van der Waals surface area contributed by atoms with Crippen LogP contribution in [0.4, 0.5) is 14.6 Å². The maximum Gasteiger partial charge on any atom is 0.387 e. The number of ether oxygens (including phenoxy) is 2. The Balaban J connectivity index is 1.38. The highest BCUT2D eigenvalue weighted by atomic mass is 19.3. The number of nitrogens with zero attached hydrogens (tertiary/aromatic N) is 4. The zero-order valence-corrected chi connectivity index (χ0v) is 17.0. The lowest BCUT2D eigenvalue weighted by Gasteiger charge is -2.20. The Bertz CT molecular complexity index is 905. The first-order valence-corrected chi connectivity index (χ1v) is 10.5. The number of likely N-dealkylation sites (tertiary alicyclic amines) is 1. The lowest BCUT2D eigenvalue weighted by atomic mass is 10.2. The smallest absolute Gasteiger partial charge is 0.387 e. The molecule has 1 aliphatic heterocycles. The number of nitrogens with two attached hydrogens (primary N) is 1. The lowest BCUT2D eigenvalue weighted by molar-refractivity contribution is -0.0494. The van der Waals surface area contributed by atoms with E-state index >= 15 is 0 Å². The van der Waals surface area contributed by atoms with Crippen molar-refractivity contribution in [3.05, 3.63) is 24.3 Å². The minimum Gasteiger partial charge on any atom is -0.431 e. The molecular weight excluding hydrogens is 392 g/mol. The Morgan fingerprint density at radius 2 is 2.03 bits per heavy atom. The van der Waals surface area contributed by atoms with Crippen molar-refractivity contribution in [3.63, 3.8) is 0 Å². The van der Waals surface area contributed by atoms with Gasteiger partial charge in [-0.05, 0) is 36.7 Å². The highest BCUT2D eigenvalue weighted by molar-refractivity contribution is 5.63. The molecule has 2 aromatic heterocycles. The van der Waals surface area contributed by atoms with E-state index in [0.717, 1.165) is 44.2 Å². The van der Waals surface area contributed by atoms with Crippen molar-refractivity contribution in [1.82, 2.24) is 19.4 Å². The summed E-state index contributed by atoms with van der Waals surface area (Å²) >= 11 is 0. The first-order chi connectivity index (χ1) is 14.5. The van der Waals surface area contributed by atoms with Gasteiger partial charge < -0.3 is 24.7 Å². The zero-order chi connectivity index (χ0) is 20.8. The molecule has 30 heavy (non-hydrogen) atoms. The number of piperidine rings is 1. The minimum atomic E-state index is -2.95. The SMILES string of the molecule is COCCN1C[C@@H]2C(n3cc(-c4cnc(N)c(OC(F)F)c4)nc3CC3CC3)[C@@H]2C1. The molecule has 1 unspecified atom stereocenters. The van der Waals surface area contributed by atoms with Crippen LogP contribution in [0, 0.1) is 17.8 Å². The molecule has 0 radical (unpaired) electrons.